The lowest BCUT2D eigenvalue weighted by Gasteiger charge is -2.27. The van der Waals surface area contributed by atoms with E-state index < -0.39 is 0 Å². The van der Waals surface area contributed by atoms with Crippen LogP contribution in [0.3, 0.4) is 0 Å². The third-order valence-corrected chi connectivity index (χ3v) is 3.69. The number of hydrogen-bond acceptors (Lipinski definition) is 1. The summed E-state index contributed by atoms with van der Waals surface area (Å²) in [6.07, 6.45) is 3.52. The van der Waals surface area contributed by atoms with E-state index in [9.17, 15) is 4.79 Å². The molecule has 1 aliphatic rings. The number of benzene rings is 1. The molecule has 0 heterocycles. The minimum atomic E-state index is -0.0712. The first kappa shape index (κ1) is 11.6. The third kappa shape index (κ3) is 2.64. The van der Waals surface area contributed by atoms with Crippen LogP contribution in [0.25, 0.3) is 0 Å². The largest absolute Gasteiger partial charge is 0.353 e. The Bertz CT molecular complexity index is 387. The zero-order valence-electron chi connectivity index (χ0n) is 9.37. The summed E-state index contributed by atoms with van der Waals surface area (Å²) in [5.41, 5.74) is 1.06. The lowest BCUT2D eigenvalue weighted by molar-refractivity contribution is -0.123. The maximum absolute atomic E-state index is 11.9. The van der Waals surface area contributed by atoms with E-state index in [0.29, 0.717) is 6.04 Å². The molecule has 1 atom stereocenters. The van der Waals surface area contributed by atoms with E-state index in [1.807, 2.05) is 31.2 Å². The molecule has 86 valence electrons. The average molecular weight is 282 g/mol. The minimum absolute atomic E-state index is 0.0712. The summed E-state index contributed by atoms with van der Waals surface area (Å²) in [5.74, 6) is 0.0703. The molecule has 1 fully saturated rings. The number of nitrogens with one attached hydrogen (secondary N) is 1. The molecule has 1 saturated carbocycles. The highest BCUT2D eigenvalue weighted by atomic mass is 79.9. The Morgan fingerprint density at radius 2 is 2.25 bits per heavy atom. The molecule has 1 unspecified atom stereocenters. The molecule has 2 rings (SSSR count). The summed E-state index contributed by atoms with van der Waals surface area (Å²) in [6, 6.07) is 8.36. The maximum Gasteiger partial charge on any atom is 0.227 e. The zero-order chi connectivity index (χ0) is 11.5. The molecule has 0 spiro atoms. The molecular formula is C13H16BrNO. The Labute approximate surface area is 105 Å². The van der Waals surface area contributed by atoms with Crippen molar-refractivity contribution in [3.63, 3.8) is 0 Å². The Kier molecular flexibility index (Phi) is 3.64. The van der Waals surface area contributed by atoms with Gasteiger partial charge in [-0.05, 0) is 43.9 Å². The second-order valence-electron chi connectivity index (χ2n) is 4.41. The molecule has 1 aromatic rings. The van der Waals surface area contributed by atoms with Gasteiger partial charge in [-0.15, -0.1) is 0 Å². The number of halogens is 1. The van der Waals surface area contributed by atoms with Gasteiger partial charge in [-0.25, -0.2) is 0 Å². The van der Waals surface area contributed by atoms with E-state index in [2.05, 4.69) is 21.2 Å². The molecule has 3 heteroatoms. The van der Waals surface area contributed by atoms with Gasteiger partial charge in [0.1, 0.15) is 0 Å². The highest BCUT2D eigenvalue weighted by Gasteiger charge is 2.23. The zero-order valence-corrected chi connectivity index (χ0v) is 11.0. The van der Waals surface area contributed by atoms with Crippen LogP contribution < -0.4 is 5.32 Å². The number of amides is 1. The first-order chi connectivity index (χ1) is 7.66. The Hall–Kier alpha value is -0.830. The summed E-state index contributed by atoms with van der Waals surface area (Å²) in [7, 11) is 0. The Morgan fingerprint density at radius 1 is 1.50 bits per heavy atom. The molecule has 0 saturated heterocycles. The second-order valence-corrected chi connectivity index (χ2v) is 5.33. The van der Waals surface area contributed by atoms with E-state index in [1.165, 1.54) is 6.42 Å². The van der Waals surface area contributed by atoms with Gasteiger partial charge in [-0.3, -0.25) is 4.79 Å². The van der Waals surface area contributed by atoms with Crippen molar-refractivity contribution in [1.82, 2.24) is 5.32 Å². The predicted molar refractivity (Wildman–Crippen MR) is 68.3 cm³/mol. The number of carbonyl (C=O) groups is 1. The molecule has 2 nitrogen and oxygen atoms in total. The van der Waals surface area contributed by atoms with Gasteiger partial charge in [-0.2, -0.15) is 0 Å². The van der Waals surface area contributed by atoms with Crippen LogP contribution in [-0.2, 0) is 4.79 Å². The van der Waals surface area contributed by atoms with Gasteiger partial charge in [0, 0.05) is 10.5 Å². The Balaban J connectivity index is 2.00. The summed E-state index contributed by atoms with van der Waals surface area (Å²) in [6.45, 7) is 1.95. The van der Waals surface area contributed by atoms with E-state index >= 15 is 0 Å². The standard InChI is InChI=1S/C13H16BrNO/c1-9(10-4-2-5-11(14)8-10)13(16)15-12-6-3-7-12/h2,4-5,8-9,12H,3,6-7H2,1H3,(H,15,16). The van der Waals surface area contributed by atoms with E-state index in [0.717, 1.165) is 22.9 Å². The molecule has 0 bridgehead atoms. The average Bonchev–Trinajstić information content (AvgIpc) is 2.22. The molecule has 1 aromatic carbocycles. The molecule has 16 heavy (non-hydrogen) atoms. The summed E-state index contributed by atoms with van der Waals surface area (Å²) >= 11 is 3.42. The normalized spacial score (nSPS) is 17.6. The van der Waals surface area contributed by atoms with Crippen molar-refractivity contribution in [2.24, 2.45) is 0 Å². The summed E-state index contributed by atoms with van der Waals surface area (Å²) in [4.78, 5) is 11.9. The maximum atomic E-state index is 11.9. The van der Waals surface area contributed by atoms with Crippen molar-refractivity contribution >= 4 is 21.8 Å². The highest BCUT2D eigenvalue weighted by Crippen LogP contribution is 2.22. The third-order valence-electron chi connectivity index (χ3n) is 3.19. The molecule has 1 aliphatic carbocycles. The van der Waals surface area contributed by atoms with Gasteiger partial charge in [0.2, 0.25) is 5.91 Å². The fourth-order valence-electron chi connectivity index (χ4n) is 1.81. The molecule has 1 N–H and O–H groups in total. The van der Waals surface area contributed by atoms with Crippen LogP contribution in [-0.4, -0.2) is 11.9 Å². The first-order valence-electron chi connectivity index (χ1n) is 5.72. The molecule has 0 aromatic heterocycles. The van der Waals surface area contributed by atoms with Crippen molar-refractivity contribution < 1.29 is 4.79 Å². The Morgan fingerprint density at radius 3 is 2.81 bits per heavy atom. The number of hydrogen-bond donors (Lipinski definition) is 1. The second kappa shape index (κ2) is 5.00. The van der Waals surface area contributed by atoms with Crippen LogP contribution in [0.5, 0.6) is 0 Å². The van der Waals surface area contributed by atoms with Crippen LogP contribution >= 0.6 is 15.9 Å². The fraction of sp³-hybridized carbons (Fsp3) is 0.462. The van der Waals surface area contributed by atoms with Crippen LogP contribution in [0.15, 0.2) is 28.7 Å². The van der Waals surface area contributed by atoms with Gasteiger partial charge < -0.3 is 5.32 Å². The minimum Gasteiger partial charge on any atom is -0.353 e. The van der Waals surface area contributed by atoms with Crippen LogP contribution in [0.2, 0.25) is 0 Å². The number of rotatable bonds is 3. The van der Waals surface area contributed by atoms with Crippen LogP contribution in [0.4, 0.5) is 0 Å². The van der Waals surface area contributed by atoms with Gasteiger partial charge in [-0.1, -0.05) is 28.1 Å². The molecule has 1 amide bonds. The monoisotopic (exact) mass is 281 g/mol. The van der Waals surface area contributed by atoms with Crippen molar-refractivity contribution in [2.45, 2.75) is 38.1 Å². The molecule has 0 aliphatic heterocycles. The fourth-order valence-corrected chi connectivity index (χ4v) is 2.22. The van der Waals surface area contributed by atoms with E-state index in [4.69, 9.17) is 0 Å². The van der Waals surface area contributed by atoms with E-state index in [1.54, 1.807) is 0 Å². The lowest BCUT2D eigenvalue weighted by Crippen LogP contribution is -2.41. The van der Waals surface area contributed by atoms with Gasteiger partial charge in [0.15, 0.2) is 0 Å². The SMILES string of the molecule is CC(C(=O)NC1CCC1)c1cccc(Br)c1. The van der Waals surface area contributed by atoms with Crippen LogP contribution in [0.1, 0.15) is 37.7 Å². The summed E-state index contributed by atoms with van der Waals surface area (Å²) < 4.78 is 1.02. The summed E-state index contributed by atoms with van der Waals surface area (Å²) in [5, 5.41) is 3.08. The smallest absolute Gasteiger partial charge is 0.227 e. The van der Waals surface area contributed by atoms with E-state index in [-0.39, 0.29) is 11.8 Å². The first-order valence-corrected chi connectivity index (χ1v) is 6.52. The number of carbonyl (C=O) groups excluding carboxylic acids is 1. The van der Waals surface area contributed by atoms with Crippen molar-refractivity contribution in [2.75, 3.05) is 0 Å². The quantitative estimate of drug-likeness (QED) is 0.906. The van der Waals surface area contributed by atoms with Crippen molar-refractivity contribution in [1.29, 1.82) is 0 Å². The van der Waals surface area contributed by atoms with Crippen LogP contribution in [0, 0.1) is 0 Å². The molecular weight excluding hydrogens is 266 g/mol. The molecule has 0 radical (unpaired) electrons. The highest BCUT2D eigenvalue weighted by molar-refractivity contribution is 9.10. The van der Waals surface area contributed by atoms with Gasteiger partial charge in [0.25, 0.3) is 0 Å². The predicted octanol–water partition coefficient (Wildman–Crippen LogP) is 3.22. The lowest BCUT2D eigenvalue weighted by atomic mass is 9.92. The van der Waals surface area contributed by atoms with Crippen molar-refractivity contribution in [3.8, 4) is 0 Å². The topological polar surface area (TPSA) is 29.1 Å². The van der Waals surface area contributed by atoms with Crippen molar-refractivity contribution in [3.05, 3.63) is 34.3 Å². The van der Waals surface area contributed by atoms with Gasteiger partial charge >= 0.3 is 0 Å². The van der Waals surface area contributed by atoms with Gasteiger partial charge in [0.05, 0.1) is 5.92 Å².